The second-order valence-electron chi connectivity index (χ2n) is 4.67. The van der Waals surface area contributed by atoms with E-state index in [-0.39, 0.29) is 5.60 Å². The number of nitrogens with one attached hydrogen (secondary N) is 1. The van der Waals surface area contributed by atoms with Gasteiger partial charge in [-0.15, -0.1) is 0 Å². The van der Waals surface area contributed by atoms with Crippen LogP contribution in [0, 0.1) is 0 Å². The molecule has 0 saturated carbocycles. The van der Waals surface area contributed by atoms with Crippen molar-refractivity contribution in [1.82, 2.24) is 0 Å². The Kier molecular flexibility index (Phi) is 4.29. The number of rotatable bonds is 4. The van der Waals surface area contributed by atoms with Crippen LogP contribution in [0.3, 0.4) is 0 Å². The van der Waals surface area contributed by atoms with E-state index in [1.165, 1.54) is 6.08 Å². The lowest BCUT2D eigenvalue weighted by Gasteiger charge is -2.19. The predicted octanol–water partition coefficient (Wildman–Crippen LogP) is 2.33. The molecule has 1 amide bonds. The Morgan fingerprint density at radius 1 is 1.29 bits per heavy atom. The van der Waals surface area contributed by atoms with E-state index in [4.69, 9.17) is 10.6 Å². The maximum atomic E-state index is 10.6. The fourth-order valence-corrected chi connectivity index (χ4v) is 1.05. The zero-order valence-corrected chi connectivity index (χ0v) is 10.4. The molecule has 1 aromatic carbocycles. The zero-order valence-electron chi connectivity index (χ0n) is 10.4. The summed E-state index contributed by atoms with van der Waals surface area (Å²) in [6.07, 6.45) is 2.99. The third-order valence-electron chi connectivity index (χ3n) is 1.83. The zero-order chi connectivity index (χ0) is 12.9. The number of carbonyl (C=O) groups is 1. The van der Waals surface area contributed by atoms with Crippen LogP contribution in [0.15, 0.2) is 30.3 Å². The first-order valence-corrected chi connectivity index (χ1v) is 5.38. The Morgan fingerprint density at radius 2 is 1.88 bits per heavy atom. The molecule has 4 nitrogen and oxygen atoms in total. The van der Waals surface area contributed by atoms with Gasteiger partial charge in [0.1, 0.15) is 0 Å². The molecule has 0 unspecified atom stereocenters. The minimum absolute atomic E-state index is 0.245. The molecule has 3 N–H and O–H groups in total. The van der Waals surface area contributed by atoms with Gasteiger partial charge in [-0.2, -0.15) is 0 Å². The van der Waals surface area contributed by atoms with E-state index < -0.39 is 5.91 Å². The van der Waals surface area contributed by atoms with Gasteiger partial charge in [-0.25, -0.2) is 0 Å². The molecule has 0 heterocycles. The standard InChI is InChI=1S/C13H18N2O2/c1-13(2,3)17-15-11-7-4-10(5-8-11)6-9-12(14)16/h4-9,15H,1-3H3,(H2,14,16). The fraction of sp³-hybridized carbons (Fsp3) is 0.308. The van der Waals surface area contributed by atoms with E-state index in [1.807, 2.05) is 45.0 Å². The molecule has 0 aliphatic rings. The third kappa shape index (κ3) is 5.73. The Bertz CT molecular complexity index is 402. The number of anilines is 1. The number of hydrogen-bond acceptors (Lipinski definition) is 3. The molecule has 0 fully saturated rings. The van der Waals surface area contributed by atoms with Crippen LogP contribution in [0.2, 0.25) is 0 Å². The highest BCUT2D eigenvalue weighted by Gasteiger charge is 2.09. The molecular formula is C13H18N2O2. The van der Waals surface area contributed by atoms with E-state index in [1.54, 1.807) is 6.08 Å². The summed E-state index contributed by atoms with van der Waals surface area (Å²) < 4.78 is 0. The van der Waals surface area contributed by atoms with Crippen LogP contribution in [0.1, 0.15) is 26.3 Å². The molecule has 17 heavy (non-hydrogen) atoms. The van der Waals surface area contributed by atoms with Crippen molar-refractivity contribution >= 4 is 17.7 Å². The normalized spacial score (nSPS) is 11.7. The van der Waals surface area contributed by atoms with E-state index in [0.29, 0.717) is 0 Å². The van der Waals surface area contributed by atoms with Crippen molar-refractivity contribution in [3.63, 3.8) is 0 Å². The molecule has 4 heteroatoms. The molecule has 92 valence electrons. The van der Waals surface area contributed by atoms with Crippen molar-refractivity contribution in [2.75, 3.05) is 5.48 Å². The highest BCUT2D eigenvalue weighted by molar-refractivity contribution is 5.90. The highest BCUT2D eigenvalue weighted by Crippen LogP contribution is 2.14. The second-order valence-corrected chi connectivity index (χ2v) is 4.67. The summed E-state index contributed by atoms with van der Waals surface area (Å²) in [4.78, 5) is 16.0. The predicted molar refractivity (Wildman–Crippen MR) is 69.1 cm³/mol. The lowest BCUT2D eigenvalue weighted by molar-refractivity contribution is -0.113. The number of carbonyl (C=O) groups excluding carboxylic acids is 1. The van der Waals surface area contributed by atoms with Gasteiger partial charge in [0.15, 0.2) is 0 Å². The van der Waals surface area contributed by atoms with Crippen molar-refractivity contribution in [3.8, 4) is 0 Å². The summed E-state index contributed by atoms with van der Waals surface area (Å²) in [5.41, 5.74) is 9.39. The van der Waals surface area contributed by atoms with Crippen LogP contribution in [-0.2, 0) is 9.63 Å². The quantitative estimate of drug-likeness (QED) is 0.620. The fourth-order valence-electron chi connectivity index (χ4n) is 1.05. The van der Waals surface area contributed by atoms with Crippen molar-refractivity contribution in [3.05, 3.63) is 35.9 Å². The minimum Gasteiger partial charge on any atom is -0.366 e. The molecule has 0 aliphatic heterocycles. The van der Waals surface area contributed by atoms with E-state index in [2.05, 4.69) is 5.48 Å². The number of benzene rings is 1. The van der Waals surface area contributed by atoms with Crippen molar-refractivity contribution in [1.29, 1.82) is 0 Å². The molecule has 1 rings (SSSR count). The lowest BCUT2D eigenvalue weighted by atomic mass is 10.2. The average molecular weight is 234 g/mol. The minimum atomic E-state index is -0.455. The van der Waals surface area contributed by atoms with Crippen molar-refractivity contribution < 1.29 is 9.63 Å². The first-order valence-electron chi connectivity index (χ1n) is 5.38. The van der Waals surface area contributed by atoms with Crippen LogP contribution in [0.25, 0.3) is 6.08 Å². The van der Waals surface area contributed by atoms with Gasteiger partial charge in [0.25, 0.3) is 0 Å². The van der Waals surface area contributed by atoms with E-state index >= 15 is 0 Å². The third-order valence-corrected chi connectivity index (χ3v) is 1.83. The monoisotopic (exact) mass is 234 g/mol. The molecule has 0 spiro atoms. The first kappa shape index (κ1) is 13.3. The summed E-state index contributed by atoms with van der Waals surface area (Å²) in [6, 6.07) is 7.47. The molecule has 0 aliphatic carbocycles. The number of amides is 1. The van der Waals surface area contributed by atoms with Crippen LogP contribution < -0.4 is 11.2 Å². The van der Waals surface area contributed by atoms with E-state index in [0.717, 1.165) is 11.3 Å². The smallest absolute Gasteiger partial charge is 0.241 e. The topological polar surface area (TPSA) is 64.3 Å². The maximum absolute atomic E-state index is 10.6. The second kappa shape index (κ2) is 5.50. The molecular weight excluding hydrogens is 216 g/mol. The van der Waals surface area contributed by atoms with Crippen molar-refractivity contribution in [2.45, 2.75) is 26.4 Å². The Labute approximate surface area is 101 Å². The SMILES string of the molecule is CC(C)(C)ONc1ccc(C=CC(N)=O)cc1. The van der Waals surface area contributed by atoms with E-state index in [9.17, 15) is 4.79 Å². The van der Waals surface area contributed by atoms with Gasteiger partial charge >= 0.3 is 0 Å². The van der Waals surface area contributed by atoms with Gasteiger partial charge in [0.05, 0.1) is 11.3 Å². The molecule has 0 atom stereocenters. The van der Waals surface area contributed by atoms with Gasteiger partial charge in [0.2, 0.25) is 5.91 Å². The first-order chi connectivity index (χ1) is 7.87. The largest absolute Gasteiger partial charge is 0.366 e. The summed E-state index contributed by atoms with van der Waals surface area (Å²) in [5.74, 6) is -0.455. The van der Waals surface area contributed by atoms with Crippen LogP contribution >= 0.6 is 0 Å². The van der Waals surface area contributed by atoms with Gasteiger partial charge in [0, 0.05) is 6.08 Å². The van der Waals surface area contributed by atoms with Crippen LogP contribution in [0.4, 0.5) is 5.69 Å². The van der Waals surface area contributed by atoms with Gasteiger partial charge in [-0.1, -0.05) is 12.1 Å². The molecule has 0 aromatic heterocycles. The number of hydrogen-bond donors (Lipinski definition) is 2. The summed E-state index contributed by atoms with van der Waals surface area (Å²) in [5, 5.41) is 0. The molecule has 0 radical (unpaired) electrons. The van der Waals surface area contributed by atoms with Crippen LogP contribution in [-0.4, -0.2) is 11.5 Å². The van der Waals surface area contributed by atoms with Crippen LogP contribution in [0.5, 0.6) is 0 Å². The molecule has 0 saturated heterocycles. The highest BCUT2D eigenvalue weighted by atomic mass is 16.7. The summed E-state index contributed by atoms with van der Waals surface area (Å²) in [7, 11) is 0. The number of primary amides is 1. The van der Waals surface area contributed by atoms with Gasteiger partial charge < -0.3 is 5.73 Å². The Balaban J connectivity index is 2.59. The Morgan fingerprint density at radius 3 is 2.35 bits per heavy atom. The molecule has 0 bridgehead atoms. The Hall–Kier alpha value is -1.81. The maximum Gasteiger partial charge on any atom is 0.241 e. The number of nitrogens with two attached hydrogens (primary N) is 1. The molecule has 1 aromatic rings. The van der Waals surface area contributed by atoms with Gasteiger partial charge in [-0.3, -0.25) is 15.1 Å². The average Bonchev–Trinajstić information content (AvgIpc) is 2.24. The summed E-state index contributed by atoms with van der Waals surface area (Å²) in [6.45, 7) is 5.89. The van der Waals surface area contributed by atoms with Crippen molar-refractivity contribution in [2.24, 2.45) is 5.73 Å². The summed E-state index contributed by atoms with van der Waals surface area (Å²) >= 11 is 0. The van der Waals surface area contributed by atoms with Gasteiger partial charge in [-0.05, 0) is 44.5 Å². The lowest BCUT2D eigenvalue weighted by Crippen LogP contribution is -2.22.